The molecule has 8 rings (SSSR count). The van der Waals surface area contributed by atoms with Gasteiger partial charge in [0.25, 0.3) is 11.8 Å². The number of nitrogens with one attached hydrogen (secondary N) is 1. The van der Waals surface area contributed by atoms with E-state index < -0.39 is 17.6 Å². The van der Waals surface area contributed by atoms with Crippen LogP contribution in [-0.4, -0.2) is 69.7 Å². The van der Waals surface area contributed by atoms with Gasteiger partial charge in [0.2, 0.25) is 0 Å². The van der Waals surface area contributed by atoms with E-state index >= 15 is 0 Å². The highest BCUT2D eigenvalue weighted by Crippen LogP contribution is 2.59. The van der Waals surface area contributed by atoms with E-state index in [9.17, 15) is 27.9 Å². The summed E-state index contributed by atoms with van der Waals surface area (Å²) < 4.78 is 41.2. The van der Waals surface area contributed by atoms with Crippen LogP contribution in [0.3, 0.4) is 0 Å². The van der Waals surface area contributed by atoms with Gasteiger partial charge in [-0.3, -0.25) is 14.6 Å². The van der Waals surface area contributed by atoms with E-state index in [0.717, 1.165) is 29.9 Å². The van der Waals surface area contributed by atoms with Crippen LogP contribution in [0.15, 0.2) is 48.8 Å². The summed E-state index contributed by atoms with van der Waals surface area (Å²) in [6.07, 6.45) is 5.60. The van der Waals surface area contributed by atoms with Crippen molar-refractivity contribution in [2.75, 3.05) is 37.6 Å². The lowest BCUT2D eigenvalue weighted by Crippen LogP contribution is -2.51. The minimum atomic E-state index is -4.67. The number of benzene rings is 1. The van der Waals surface area contributed by atoms with E-state index in [4.69, 9.17) is 0 Å². The molecule has 3 aromatic rings. The van der Waals surface area contributed by atoms with E-state index in [1.54, 1.807) is 12.1 Å². The molecule has 4 aliphatic carbocycles. The lowest BCUT2D eigenvalue weighted by molar-refractivity contribution is -0.137. The molecule has 9 nitrogen and oxygen atoms in total. The highest BCUT2D eigenvalue weighted by Gasteiger charge is 2.50. The summed E-state index contributed by atoms with van der Waals surface area (Å²) in [7, 11) is 0. The molecule has 0 spiro atoms. The maximum absolute atomic E-state index is 13.7. The first kappa shape index (κ1) is 31.0. The van der Waals surface area contributed by atoms with Gasteiger partial charge in [0.1, 0.15) is 5.75 Å². The van der Waals surface area contributed by atoms with E-state index in [-0.39, 0.29) is 47.0 Å². The molecule has 1 aliphatic heterocycles. The molecule has 12 heteroatoms. The summed E-state index contributed by atoms with van der Waals surface area (Å²) in [6.45, 7) is 2.01. The molecule has 5 fully saturated rings. The first-order valence-corrected chi connectivity index (χ1v) is 16.1. The maximum atomic E-state index is 13.7. The molecule has 244 valence electrons. The van der Waals surface area contributed by atoms with E-state index in [2.05, 4.69) is 32.3 Å². The second-order valence-electron chi connectivity index (χ2n) is 13.6. The second-order valence-corrected chi connectivity index (χ2v) is 13.6. The highest BCUT2D eigenvalue weighted by atomic mass is 19.4. The van der Waals surface area contributed by atoms with Gasteiger partial charge >= 0.3 is 6.18 Å². The van der Waals surface area contributed by atoms with Gasteiger partial charge in [0.05, 0.1) is 11.8 Å². The Morgan fingerprint density at radius 2 is 1.57 bits per heavy atom. The Labute approximate surface area is 270 Å². The van der Waals surface area contributed by atoms with Crippen molar-refractivity contribution in [1.29, 1.82) is 0 Å². The molecule has 1 aromatic carbocycles. The predicted octanol–water partition coefficient (Wildman–Crippen LogP) is 4.90. The van der Waals surface area contributed by atoms with Crippen LogP contribution in [0.25, 0.3) is 0 Å². The molecular formula is C35H35F3N6O3. The first-order valence-electron chi connectivity index (χ1n) is 16.1. The van der Waals surface area contributed by atoms with Crippen molar-refractivity contribution >= 4 is 17.6 Å². The smallest absolute Gasteiger partial charge is 0.416 e. The average Bonchev–Trinajstić information content (AvgIpc) is 3.05. The summed E-state index contributed by atoms with van der Waals surface area (Å²) in [6, 6.07) is 7.82. The molecule has 47 heavy (non-hydrogen) atoms. The van der Waals surface area contributed by atoms with Crippen molar-refractivity contribution < 1.29 is 27.9 Å². The molecule has 2 amide bonds. The standard InChI is InChI=1S/C35H35F3N6O3/c36-35(37,38)28-13-22(1-2-23-14-29(45)20-39-19-23)12-27(15-28)33(47)44-7-5-43(6-8-44)31-4-3-30(41-42-31)32(46)40-21-34-16-24-9-25(17-34)11-26(10-24)18-34/h3-4,12-15,19-20,24-26,45H,5-11,16-18,21H2,(H,40,46). The number of nitrogens with zero attached hydrogens (tertiary/aromatic N) is 5. The quantitative estimate of drug-likeness (QED) is 0.380. The fourth-order valence-electron chi connectivity index (χ4n) is 8.43. The third-order valence-electron chi connectivity index (χ3n) is 10.1. The Hall–Kier alpha value is -4.66. The number of anilines is 1. The van der Waals surface area contributed by atoms with Crippen molar-refractivity contribution in [3.05, 3.63) is 76.7 Å². The van der Waals surface area contributed by atoms with Gasteiger partial charge < -0.3 is 20.2 Å². The zero-order valence-electron chi connectivity index (χ0n) is 25.8. The van der Waals surface area contributed by atoms with Crippen LogP contribution in [0.5, 0.6) is 5.75 Å². The molecule has 4 bridgehead atoms. The lowest BCUT2D eigenvalue weighted by atomic mass is 9.49. The van der Waals surface area contributed by atoms with Gasteiger partial charge in [-0.15, -0.1) is 10.2 Å². The maximum Gasteiger partial charge on any atom is 0.416 e. The number of rotatable bonds is 5. The van der Waals surface area contributed by atoms with Gasteiger partial charge in [-0.1, -0.05) is 11.8 Å². The fourth-order valence-corrected chi connectivity index (χ4v) is 8.43. The summed E-state index contributed by atoms with van der Waals surface area (Å²) in [5.74, 6) is 7.45. The van der Waals surface area contributed by atoms with Gasteiger partial charge in [-0.2, -0.15) is 13.2 Å². The van der Waals surface area contributed by atoms with Gasteiger partial charge in [0, 0.05) is 55.6 Å². The summed E-state index contributed by atoms with van der Waals surface area (Å²) >= 11 is 0. The first-order chi connectivity index (χ1) is 22.5. The molecular weight excluding hydrogens is 609 g/mol. The third kappa shape index (κ3) is 6.75. The second kappa shape index (κ2) is 12.2. The predicted molar refractivity (Wildman–Crippen MR) is 166 cm³/mol. The van der Waals surface area contributed by atoms with Crippen LogP contribution in [0.2, 0.25) is 0 Å². The number of aromatic hydroxyl groups is 1. The van der Waals surface area contributed by atoms with Crippen LogP contribution in [-0.2, 0) is 6.18 Å². The van der Waals surface area contributed by atoms with Crippen molar-refractivity contribution in [2.45, 2.75) is 44.7 Å². The average molecular weight is 645 g/mol. The molecule has 3 heterocycles. The molecule has 4 saturated carbocycles. The normalized spacial score (nSPS) is 24.9. The van der Waals surface area contributed by atoms with Gasteiger partial charge in [-0.05, 0) is 98.1 Å². The molecule has 0 atom stereocenters. The number of aromatic nitrogens is 3. The minimum Gasteiger partial charge on any atom is -0.506 e. The summed E-state index contributed by atoms with van der Waals surface area (Å²) in [5.41, 5.74) is -0.268. The van der Waals surface area contributed by atoms with E-state index in [1.165, 1.54) is 68.0 Å². The molecule has 5 aliphatic rings. The lowest BCUT2D eigenvalue weighted by Gasteiger charge is -2.56. The Balaban J connectivity index is 0.967. The van der Waals surface area contributed by atoms with Crippen molar-refractivity contribution in [3.63, 3.8) is 0 Å². The number of carbonyl (C=O) groups is 2. The zero-order valence-corrected chi connectivity index (χ0v) is 25.8. The Bertz CT molecular complexity index is 1710. The number of piperazine rings is 1. The van der Waals surface area contributed by atoms with Crippen molar-refractivity contribution in [3.8, 4) is 17.6 Å². The Kier molecular flexibility index (Phi) is 8.02. The van der Waals surface area contributed by atoms with Crippen LogP contribution in [0.4, 0.5) is 19.0 Å². The molecule has 0 radical (unpaired) electrons. The van der Waals surface area contributed by atoms with Gasteiger partial charge in [-0.25, -0.2) is 0 Å². The third-order valence-corrected chi connectivity index (χ3v) is 10.1. The number of alkyl halides is 3. The number of halogens is 3. The molecule has 2 N–H and O–H groups in total. The highest BCUT2D eigenvalue weighted by molar-refractivity contribution is 5.95. The number of hydrogen-bond acceptors (Lipinski definition) is 7. The number of carbonyl (C=O) groups excluding carboxylic acids is 2. The zero-order chi connectivity index (χ0) is 32.8. The Morgan fingerprint density at radius 1 is 0.894 bits per heavy atom. The molecule has 1 saturated heterocycles. The SMILES string of the molecule is O=C(NCC12CC3CC(CC(C3)C1)C2)c1ccc(N2CCN(C(=O)c3cc(C#Cc4cncc(O)c4)cc(C(F)(F)F)c3)CC2)nn1. The van der Waals surface area contributed by atoms with Gasteiger partial charge in [0.15, 0.2) is 11.5 Å². The number of amides is 2. The number of hydrogen-bond donors (Lipinski definition) is 2. The van der Waals surface area contributed by atoms with Crippen molar-refractivity contribution in [1.82, 2.24) is 25.4 Å². The fraction of sp³-hybridized carbons (Fsp3) is 0.457. The topological polar surface area (TPSA) is 112 Å². The molecule has 0 unspecified atom stereocenters. The monoisotopic (exact) mass is 644 g/mol. The largest absolute Gasteiger partial charge is 0.506 e. The Morgan fingerprint density at radius 3 is 2.19 bits per heavy atom. The van der Waals surface area contributed by atoms with Crippen LogP contribution in [0.1, 0.15) is 76.1 Å². The summed E-state index contributed by atoms with van der Waals surface area (Å²) in [5, 5.41) is 21.2. The van der Waals surface area contributed by atoms with Crippen LogP contribution in [0, 0.1) is 35.0 Å². The molecule has 2 aromatic heterocycles. The minimum absolute atomic E-state index is 0.0162. The van der Waals surface area contributed by atoms with E-state index in [0.29, 0.717) is 31.0 Å². The van der Waals surface area contributed by atoms with Crippen molar-refractivity contribution in [2.24, 2.45) is 23.2 Å². The summed E-state index contributed by atoms with van der Waals surface area (Å²) in [4.78, 5) is 33.5. The van der Waals surface area contributed by atoms with Crippen LogP contribution >= 0.6 is 0 Å². The van der Waals surface area contributed by atoms with Crippen LogP contribution < -0.4 is 10.2 Å². The number of pyridine rings is 1. The van der Waals surface area contributed by atoms with E-state index in [1.807, 2.05) is 4.90 Å².